The molecule has 4 N–H and O–H groups in total. The van der Waals surface area contributed by atoms with Gasteiger partial charge in [0, 0.05) is 25.7 Å². The van der Waals surface area contributed by atoms with Gasteiger partial charge < -0.3 is 58.3 Å². The molecular formula is C128H208O16. The van der Waals surface area contributed by atoms with E-state index in [0.29, 0.717) is 103 Å². The summed E-state index contributed by atoms with van der Waals surface area (Å²) in [5.41, 5.74) is 12.0. The van der Waals surface area contributed by atoms with Gasteiger partial charge in [0.1, 0.15) is 23.0 Å². The van der Waals surface area contributed by atoms with Gasteiger partial charge in [-0.05, 0) is 144 Å². The minimum absolute atomic E-state index is 0.000401. The van der Waals surface area contributed by atoms with Crippen LogP contribution in [0.3, 0.4) is 0 Å². The van der Waals surface area contributed by atoms with Crippen molar-refractivity contribution < 1.29 is 77.5 Å². The second kappa shape index (κ2) is 86.6. The van der Waals surface area contributed by atoms with Gasteiger partial charge >= 0.3 is 23.9 Å². The fraction of sp³-hybridized carbons (Fsp3) is 0.719. The topological polar surface area (TPSA) is 223 Å². The lowest BCUT2D eigenvalue weighted by Crippen LogP contribution is -2.13. The number of fused-ring (bicyclic) bond motifs is 8. The van der Waals surface area contributed by atoms with Crippen LogP contribution in [0, 0.1) is 0 Å². The van der Waals surface area contributed by atoms with Crippen LogP contribution in [0.25, 0.3) is 0 Å². The number of aliphatic hydroxyl groups excluding tert-OH is 4. The predicted octanol–water partition coefficient (Wildman–Crippen LogP) is 33.0. The van der Waals surface area contributed by atoms with Crippen LogP contribution in [0.2, 0.25) is 0 Å². The molecule has 0 heterocycles. The third kappa shape index (κ3) is 59.8. The Balaban J connectivity index is 1.77. The first kappa shape index (κ1) is 127. The van der Waals surface area contributed by atoms with Gasteiger partial charge in [-0.2, -0.15) is 0 Å². The molecule has 5 rings (SSSR count). The first-order chi connectivity index (χ1) is 70.6. The second-order valence-corrected chi connectivity index (χ2v) is 42.3. The number of unbranched alkanes of at least 4 members (excludes halogenated alkanes) is 60. The largest absolute Gasteiger partial charge is 0.493 e. The number of carbonyl (C=O) groups is 4. The second-order valence-electron chi connectivity index (χ2n) is 42.3. The summed E-state index contributed by atoms with van der Waals surface area (Å²) in [6.07, 6.45) is 86.1. The number of rotatable bonds is 96. The van der Waals surface area contributed by atoms with E-state index in [-0.39, 0.29) is 48.7 Å². The third-order valence-electron chi connectivity index (χ3n) is 29.0. The summed E-state index contributed by atoms with van der Waals surface area (Å²) in [6.45, 7) is 24.7. The molecule has 144 heavy (non-hydrogen) atoms. The quantitative estimate of drug-likeness (QED) is 0.0123. The highest BCUT2D eigenvalue weighted by Crippen LogP contribution is 2.43. The molecule has 0 saturated carbocycles. The van der Waals surface area contributed by atoms with Crippen molar-refractivity contribution in [3.05, 3.63) is 164 Å². The summed E-state index contributed by atoms with van der Waals surface area (Å²) in [5, 5.41) is 39.8. The molecule has 8 bridgehead atoms. The van der Waals surface area contributed by atoms with Gasteiger partial charge in [0.05, 0.1) is 102 Å². The molecule has 0 aromatic heterocycles. The molecule has 16 heteroatoms. The molecule has 16 nitrogen and oxygen atoms in total. The Bertz CT molecular complexity index is 3440. The molecule has 1 aliphatic rings. The Labute approximate surface area is 878 Å². The van der Waals surface area contributed by atoms with E-state index in [9.17, 15) is 39.6 Å². The van der Waals surface area contributed by atoms with Gasteiger partial charge in [-0.1, -0.05) is 488 Å². The zero-order valence-electron chi connectivity index (χ0n) is 92.4. The zero-order valence-corrected chi connectivity index (χ0v) is 92.4. The van der Waals surface area contributed by atoms with E-state index in [4.69, 9.17) is 37.9 Å². The van der Waals surface area contributed by atoms with Gasteiger partial charge in [0.2, 0.25) is 0 Å². The summed E-state index contributed by atoms with van der Waals surface area (Å²) in [4.78, 5) is 52.8. The minimum atomic E-state index is -0.626. The molecule has 4 aromatic carbocycles. The van der Waals surface area contributed by atoms with Crippen LogP contribution >= 0.6 is 0 Å². The number of ether oxygens (including phenoxy) is 8. The average molecular weight is 2000 g/mol. The highest BCUT2D eigenvalue weighted by atomic mass is 16.5. The van der Waals surface area contributed by atoms with Crippen molar-refractivity contribution in [1.29, 1.82) is 0 Å². The Morgan fingerprint density at radius 1 is 0.194 bits per heavy atom. The Morgan fingerprint density at radius 2 is 0.319 bits per heavy atom. The Hall–Kier alpha value is -7.24. The smallest absolute Gasteiger partial charge is 0.335 e. The van der Waals surface area contributed by atoms with Crippen LogP contribution in [0.4, 0.5) is 0 Å². The minimum Gasteiger partial charge on any atom is -0.493 e. The van der Waals surface area contributed by atoms with Gasteiger partial charge in [0.25, 0.3) is 0 Å². The first-order valence-electron chi connectivity index (χ1n) is 59.5. The monoisotopic (exact) mass is 2000 g/mol. The van der Waals surface area contributed by atoms with Gasteiger partial charge in [0.15, 0.2) is 0 Å². The maximum Gasteiger partial charge on any atom is 0.335 e. The third-order valence-corrected chi connectivity index (χ3v) is 29.0. The van der Waals surface area contributed by atoms with Crippen molar-refractivity contribution >= 4 is 23.9 Å². The molecule has 0 radical (unpaired) electrons. The standard InChI is InChI=1S/C128H208O16/c1-9-13-17-21-25-29-33-37-41-45-49-53-57-61-65-69-81-137-121-113-89-109(77-73-85-141-125(133)105(5)101-129)90-114(121)98-116-92-111(79-75-87-143-127(135)107(7)103-131)94-118(123(116)139-83-71-67-63-59-55-51-47-43-39-35-31-27-23-19-15-11-3)100-120-96-112(80-76-88-144-128(136)108(8)104-132)95-119(124(120)140-84-72-68-64-60-56-52-48-44-40-36-32-28-24-20-16-12-4)99-117-93-110(78-74-86-142-126(134)106(6)102-130)91-115(97-113)122(117)138-82-70-66-62-58-54-50-46-42-38-34-30-26-22-18-14-10-2/h89-96,129-132H,5-88,97-104H2,1-4H3. The van der Waals surface area contributed by atoms with Crippen molar-refractivity contribution in [2.24, 2.45) is 0 Å². The summed E-state index contributed by atoms with van der Waals surface area (Å²) in [6, 6.07) is 18.4. The van der Waals surface area contributed by atoms with Gasteiger partial charge in [-0.25, -0.2) is 19.2 Å². The van der Waals surface area contributed by atoms with Crippen molar-refractivity contribution in [2.45, 2.75) is 516 Å². The van der Waals surface area contributed by atoms with Gasteiger partial charge in [-0.15, -0.1) is 0 Å². The van der Waals surface area contributed by atoms with Crippen LogP contribution in [0.5, 0.6) is 23.0 Å². The average Bonchev–Trinajstić information content (AvgIpc) is 0.770. The summed E-state index contributed by atoms with van der Waals surface area (Å²) in [7, 11) is 0. The fourth-order valence-electron chi connectivity index (χ4n) is 20.2. The van der Waals surface area contributed by atoms with Crippen LogP contribution in [0.1, 0.15) is 531 Å². The van der Waals surface area contributed by atoms with Crippen molar-refractivity contribution in [3.63, 3.8) is 0 Å². The van der Waals surface area contributed by atoms with Crippen molar-refractivity contribution in [3.8, 4) is 23.0 Å². The van der Waals surface area contributed by atoms with E-state index < -0.39 is 50.3 Å². The van der Waals surface area contributed by atoms with Gasteiger partial charge in [-0.3, -0.25) is 0 Å². The molecule has 0 amide bonds. The summed E-state index contributed by atoms with van der Waals surface area (Å²) in [5.74, 6) is 0.726. The van der Waals surface area contributed by atoms with Crippen LogP contribution in [-0.4, -0.2) is 124 Å². The molecule has 0 saturated heterocycles. The summed E-state index contributed by atoms with van der Waals surface area (Å²) < 4.78 is 53.5. The molecule has 816 valence electrons. The van der Waals surface area contributed by atoms with Crippen molar-refractivity contribution in [1.82, 2.24) is 0 Å². The zero-order chi connectivity index (χ0) is 103. The Kier molecular flexibility index (Phi) is 76.5. The van der Waals surface area contributed by atoms with E-state index >= 15 is 0 Å². The highest BCUT2D eigenvalue weighted by molar-refractivity contribution is 5.89. The maximum atomic E-state index is 13.2. The summed E-state index contributed by atoms with van der Waals surface area (Å²) >= 11 is 0. The van der Waals surface area contributed by atoms with Crippen LogP contribution in [0.15, 0.2) is 97.1 Å². The van der Waals surface area contributed by atoms with E-state index in [2.05, 4.69) is 103 Å². The van der Waals surface area contributed by atoms with E-state index in [1.807, 2.05) is 0 Å². The molecule has 4 aromatic rings. The van der Waals surface area contributed by atoms with E-state index in [1.165, 1.54) is 334 Å². The predicted molar refractivity (Wildman–Crippen MR) is 599 cm³/mol. The first-order valence-corrected chi connectivity index (χ1v) is 59.5. The van der Waals surface area contributed by atoms with E-state index in [0.717, 1.165) is 167 Å². The van der Waals surface area contributed by atoms with Crippen LogP contribution < -0.4 is 18.9 Å². The molecule has 0 spiro atoms. The molecule has 1 aliphatic carbocycles. The maximum absolute atomic E-state index is 13.2. The SMILES string of the molecule is C=C(CO)C(=O)OCCCc1cc2c(OCCCCCCCCCCCCCCCCCC)c(c1)Cc1cc(CCCOC(=O)C(=C)CO)cc(c1OCCCCCCCCCCCCCCCCCC)Cc1cc(CCCOC(=O)C(=C)CO)cc(c1OCCCCCCCCCCCCCCCCCC)Cc1cc(CCCOC(=O)C(=C)CO)cc(c1OCCCCCCCCCCCCCCCCCC)C2. The van der Waals surface area contributed by atoms with E-state index in [1.54, 1.807) is 0 Å². The number of benzene rings is 4. The molecule has 0 aliphatic heterocycles. The highest BCUT2D eigenvalue weighted by Gasteiger charge is 2.27. The fourth-order valence-corrected chi connectivity index (χ4v) is 20.2. The molecule has 0 unspecified atom stereocenters. The lowest BCUT2D eigenvalue weighted by molar-refractivity contribution is -0.140. The Morgan fingerprint density at radius 3 is 0.444 bits per heavy atom. The lowest BCUT2D eigenvalue weighted by Gasteiger charge is -2.25. The molecular weight excluding hydrogens is 1790 g/mol. The number of carbonyl (C=O) groups excluding carboxylic acids is 4. The lowest BCUT2D eigenvalue weighted by atomic mass is 9.87. The number of aliphatic hydroxyl groups is 4. The normalized spacial score (nSPS) is 11.8. The number of esters is 4. The van der Waals surface area contributed by atoms with Crippen LogP contribution in [-0.2, 0) is 89.5 Å². The number of hydrogen-bond acceptors (Lipinski definition) is 16. The number of aryl methyl sites for hydroxylation is 4. The molecule has 0 fully saturated rings. The molecule has 0 atom stereocenters. The van der Waals surface area contributed by atoms with Crippen molar-refractivity contribution in [2.75, 3.05) is 79.3 Å². The number of hydrogen-bond donors (Lipinski definition) is 4.